The van der Waals surface area contributed by atoms with Crippen LogP contribution in [0.15, 0.2) is 4.79 Å². The SMILES string of the molecule is Cc1nc(=O)n(CC(N)=O)c(C)c1C(C)C(=O)O. The summed E-state index contributed by atoms with van der Waals surface area (Å²) in [6.07, 6.45) is 0. The van der Waals surface area contributed by atoms with Crippen LogP contribution >= 0.6 is 0 Å². The van der Waals surface area contributed by atoms with E-state index in [1.165, 1.54) is 6.92 Å². The Morgan fingerprint density at radius 3 is 2.44 bits per heavy atom. The number of rotatable bonds is 4. The van der Waals surface area contributed by atoms with Crippen molar-refractivity contribution in [2.45, 2.75) is 33.2 Å². The summed E-state index contributed by atoms with van der Waals surface area (Å²) in [4.78, 5) is 37.3. The maximum Gasteiger partial charge on any atom is 0.348 e. The number of carbonyl (C=O) groups is 2. The van der Waals surface area contributed by atoms with Gasteiger partial charge in [0.15, 0.2) is 0 Å². The number of aliphatic carboxylic acids is 1. The van der Waals surface area contributed by atoms with Crippen molar-refractivity contribution in [3.8, 4) is 0 Å². The molecule has 0 saturated heterocycles. The lowest BCUT2D eigenvalue weighted by atomic mass is 9.98. The first-order valence-electron chi connectivity index (χ1n) is 5.34. The number of nitrogens with two attached hydrogens (primary N) is 1. The quantitative estimate of drug-likeness (QED) is 0.752. The number of nitrogens with zero attached hydrogens (tertiary/aromatic N) is 2. The Morgan fingerprint density at radius 1 is 1.44 bits per heavy atom. The highest BCUT2D eigenvalue weighted by Gasteiger charge is 2.22. The Balaban J connectivity index is 3.49. The van der Waals surface area contributed by atoms with E-state index >= 15 is 0 Å². The van der Waals surface area contributed by atoms with Gasteiger partial charge in [-0.25, -0.2) is 4.79 Å². The molecule has 3 N–H and O–H groups in total. The number of carboxylic acid groups (broad SMARTS) is 1. The second kappa shape index (κ2) is 4.99. The number of carboxylic acids is 1. The van der Waals surface area contributed by atoms with Gasteiger partial charge in [0.05, 0.1) is 5.92 Å². The van der Waals surface area contributed by atoms with E-state index < -0.39 is 23.5 Å². The zero-order valence-electron chi connectivity index (χ0n) is 10.4. The van der Waals surface area contributed by atoms with Crippen LogP contribution in [0.1, 0.15) is 29.8 Å². The van der Waals surface area contributed by atoms with Gasteiger partial charge in [0.1, 0.15) is 6.54 Å². The summed E-state index contributed by atoms with van der Waals surface area (Å²) in [5, 5.41) is 9.02. The Bertz CT molecular complexity index is 562. The fraction of sp³-hybridized carbons (Fsp3) is 0.455. The van der Waals surface area contributed by atoms with Gasteiger partial charge in [0.25, 0.3) is 0 Å². The Labute approximate surface area is 103 Å². The van der Waals surface area contributed by atoms with Gasteiger partial charge in [-0.05, 0) is 20.8 Å². The molecule has 0 spiro atoms. The second-order valence-electron chi connectivity index (χ2n) is 4.09. The van der Waals surface area contributed by atoms with Crippen molar-refractivity contribution in [2.75, 3.05) is 0 Å². The molecule has 1 heterocycles. The first-order chi connectivity index (χ1) is 8.25. The molecule has 1 rings (SSSR count). The van der Waals surface area contributed by atoms with E-state index in [4.69, 9.17) is 10.8 Å². The maximum atomic E-state index is 11.6. The van der Waals surface area contributed by atoms with Crippen LogP contribution in [0.2, 0.25) is 0 Å². The van der Waals surface area contributed by atoms with Crippen LogP contribution in [-0.4, -0.2) is 26.5 Å². The molecule has 7 heteroatoms. The highest BCUT2D eigenvalue weighted by molar-refractivity contribution is 5.76. The topological polar surface area (TPSA) is 115 Å². The molecule has 1 amide bonds. The largest absolute Gasteiger partial charge is 0.481 e. The number of primary amides is 1. The van der Waals surface area contributed by atoms with E-state index in [9.17, 15) is 14.4 Å². The van der Waals surface area contributed by atoms with E-state index in [1.807, 2.05) is 0 Å². The van der Waals surface area contributed by atoms with E-state index in [2.05, 4.69) is 4.98 Å². The average molecular weight is 253 g/mol. The molecule has 1 atom stereocenters. The van der Waals surface area contributed by atoms with Crippen molar-refractivity contribution in [3.63, 3.8) is 0 Å². The van der Waals surface area contributed by atoms with Gasteiger partial charge in [-0.3, -0.25) is 14.2 Å². The number of amides is 1. The summed E-state index contributed by atoms with van der Waals surface area (Å²) in [7, 11) is 0. The molecular formula is C11H15N3O4. The lowest BCUT2D eigenvalue weighted by Crippen LogP contribution is -2.33. The highest BCUT2D eigenvalue weighted by atomic mass is 16.4. The van der Waals surface area contributed by atoms with Crippen LogP contribution in [0.3, 0.4) is 0 Å². The van der Waals surface area contributed by atoms with Gasteiger partial charge in [0.2, 0.25) is 5.91 Å². The van der Waals surface area contributed by atoms with Gasteiger partial charge >= 0.3 is 11.7 Å². The molecule has 0 radical (unpaired) electrons. The molecule has 1 unspecified atom stereocenters. The van der Waals surface area contributed by atoms with Crippen LogP contribution in [0.4, 0.5) is 0 Å². The van der Waals surface area contributed by atoms with Crippen molar-refractivity contribution in [2.24, 2.45) is 5.73 Å². The fourth-order valence-corrected chi connectivity index (χ4v) is 1.91. The summed E-state index contributed by atoms with van der Waals surface area (Å²) >= 11 is 0. The molecule has 0 saturated carbocycles. The molecule has 0 aliphatic rings. The van der Waals surface area contributed by atoms with Gasteiger partial charge < -0.3 is 10.8 Å². The number of carbonyl (C=O) groups excluding carboxylic acids is 1. The normalized spacial score (nSPS) is 12.2. The maximum absolute atomic E-state index is 11.6. The number of aryl methyl sites for hydroxylation is 1. The summed E-state index contributed by atoms with van der Waals surface area (Å²) < 4.78 is 1.09. The number of hydrogen-bond donors (Lipinski definition) is 2. The molecule has 0 bridgehead atoms. The first kappa shape index (κ1) is 13.9. The zero-order valence-corrected chi connectivity index (χ0v) is 10.4. The molecule has 98 valence electrons. The molecule has 18 heavy (non-hydrogen) atoms. The zero-order chi connectivity index (χ0) is 14.0. The molecule has 1 aromatic rings. The summed E-state index contributed by atoms with van der Waals surface area (Å²) in [6, 6.07) is 0. The minimum atomic E-state index is -1.02. The number of hydrogen-bond acceptors (Lipinski definition) is 4. The molecule has 0 aromatic carbocycles. The summed E-state index contributed by atoms with van der Waals surface area (Å²) in [6.45, 7) is 4.33. The Morgan fingerprint density at radius 2 is 2.00 bits per heavy atom. The lowest BCUT2D eigenvalue weighted by molar-refractivity contribution is -0.138. The standard InChI is InChI=1S/C11H15N3O4/c1-5(10(16)17)9-6(2)13-11(18)14(7(9)3)4-8(12)15/h5H,4H2,1-3H3,(H2,12,15)(H,16,17). The van der Waals surface area contributed by atoms with E-state index in [0.29, 0.717) is 17.0 Å². The van der Waals surface area contributed by atoms with Crippen LogP contribution in [0.25, 0.3) is 0 Å². The van der Waals surface area contributed by atoms with E-state index in [0.717, 1.165) is 4.57 Å². The predicted molar refractivity (Wildman–Crippen MR) is 63.2 cm³/mol. The highest BCUT2D eigenvalue weighted by Crippen LogP contribution is 2.21. The molecule has 7 nitrogen and oxygen atoms in total. The molecule has 0 aliphatic carbocycles. The number of aromatic nitrogens is 2. The summed E-state index contributed by atoms with van der Waals surface area (Å²) in [5.41, 5.74) is 5.63. The third kappa shape index (κ3) is 2.55. The van der Waals surface area contributed by atoms with Crippen molar-refractivity contribution in [1.82, 2.24) is 9.55 Å². The van der Waals surface area contributed by atoms with Crippen LogP contribution in [0.5, 0.6) is 0 Å². The van der Waals surface area contributed by atoms with Crippen molar-refractivity contribution < 1.29 is 14.7 Å². The Kier molecular flexibility index (Phi) is 3.85. The molecule has 1 aromatic heterocycles. The van der Waals surface area contributed by atoms with Crippen LogP contribution < -0.4 is 11.4 Å². The van der Waals surface area contributed by atoms with Crippen LogP contribution in [-0.2, 0) is 16.1 Å². The third-order valence-electron chi connectivity index (χ3n) is 2.80. The lowest BCUT2D eigenvalue weighted by Gasteiger charge is -2.16. The van der Waals surface area contributed by atoms with Crippen molar-refractivity contribution >= 4 is 11.9 Å². The van der Waals surface area contributed by atoms with Gasteiger partial charge in [0, 0.05) is 17.0 Å². The minimum Gasteiger partial charge on any atom is -0.481 e. The van der Waals surface area contributed by atoms with E-state index in [1.54, 1.807) is 13.8 Å². The van der Waals surface area contributed by atoms with Gasteiger partial charge in [-0.1, -0.05) is 0 Å². The molecule has 0 aliphatic heterocycles. The molecular weight excluding hydrogens is 238 g/mol. The Hall–Kier alpha value is -2.18. The molecule has 0 fully saturated rings. The third-order valence-corrected chi connectivity index (χ3v) is 2.80. The second-order valence-corrected chi connectivity index (χ2v) is 4.09. The monoisotopic (exact) mass is 253 g/mol. The van der Waals surface area contributed by atoms with E-state index in [-0.39, 0.29) is 6.54 Å². The minimum absolute atomic E-state index is 0.308. The summed E-state index contributed by atoms with van der Waals surface area (Å²) in [5.74, 6) is -2.51. The van der Waals surface area contributed by atoms with Crippen molar-refractivity contribution in [1.29, 1.82) is 0 Å². The van der Waals surface area contributed by atoms with Gasteiger partial charge in [-0.2, -0.15) is 4.98 Å². The fourth-order valence-electron chi connectivity index (χ4n) is 1.91. The average Bonchev–Trinajstić information content (AvgIpc) is 2.23. The van der Waals surface area contributed by atoms with Crippen molar-refractivity contribution in [3.05, 3.63) is 27.4 Å². The smallest absolute Gasteiger partial charge is 0.348 e. The predicted octanol–water partition coefficient (Wildman–Crippen LogP) is -0.466. The van der Waals surface area contributed by atoms with Crippen LogP contribution in [0, 0.1) is 13.8 Å². The first-order valence-corrected chi connectivity index (χ1v) is 5.34. The van der Waals surface area contributed by atoms with Gasteiger partial charge in [-0.15, -0.1) is 0 Å².